The molecule has 0 aliphatic carbocycles. The Morgan fingerprint density at radius 1 is 1.05 bits per heavy atom. The summed E-state index contributed by atoms with van der Waals surface area (Å²) in [4.78, 5) is 17.1. The Morgan fingerprint density at radius 3 is 2.72 bits per heavy atom. The molecule has 0 bridgehead atoms. The number of hydrogen-bond acceptors (Lipinski definition) is 7. The largest absolute Gasteiger partial charge is 0.486 e. The number of β-amino-alcohol motifs (C(OH)–C–C–N with tert-alkyl or cyclic N) is 1. The minimum atomic E-state index is -0.137. The number of nitrogens with one attached hydrogen (secondary N) is 2. The third kappa shape index (κ3) is 4.41. The number of anilines is 1. The number of rotatable bonds is 7. The molecule has 5 aromatic rings. The molecule has 0 amide bonds. The minimum absolute atomic E-state index is 0.137. The number of hydrogen-bond donors (Lipinski definition) is 3. The molecule has 2 fully saturated rings. The molecule has 1 unspecified atom stereocenters. The van der Waals surface area contributed by atoms with Crippen LogP contribution in [-0.2, 0) is 0 Å². The van der Waals surface area contributed by atoms with E-state index in [9.17, 15) is 5.11 Å². The first kappa shape index (κ1) is 24.1. The van der Waals surface area contributed by atoms with Gasteiger partial charge in [-0.2, -0.15) is 5.10 Å². The van der Waals surface area contributed by atoms with Gasteiger partial charge in [0.25, 0.3) is 0 Å². The summed E-state index contributed by atoms with van der Waals surface area (Å²) in [6.45, 7) is 7.37. The third-order valence-corrected chi connectivity index (χ3v) is 8.51. The highest BCUT2D eigenvalue weighted by Gasteiger charge is 2.45. The Morgan fingerprint density at radius 2 is 1.92 bits per heavy atom. The van der Waals surface area contributed by atoms with Gasteiger partial charge in [-0.25, -0.2) is 9.97 Å². The second-order valence-electron chi connectivity index (χ2n) is 11.0. The van der Waals surface area contributed by atoms with Gasteiger partial charge < -0.3 is 24.6 Å². The van der Waals surface area contributed by atoms with Crippen LogP contribution >= 0.6 is 0 Å². The number of H-pyrrole nitrogens is 2. The highest BCUT2D eigenvalue weighted by molar-refractivity contribution is 5.93. The molecule has 9 heteroatoms. The maximum Gasteiger partial charge on any atom is 0.137 e. The van der Waals surface area contributed by atoms with Gasteiger partial charge >= 0.3 is 0 Å². The third-order valence-electron chi connectivity index (χ3n) is 8.51. The van der Waals surface area contributed by atoms with E-state index in [1.165, 1.54) is 12.8 Å². The van der Waals surface area contributed by atoms with Crippen molar-refractivity contribution in [1.82, 2.24) is 30.0 Å². The highest BCUT2D eigenvalue weighted by Crippen LogP contribution is 2.42. The molecule has 2 aliphatic heterocycles. The number of aliphatic hydroxyl groups is 1. The molecule has 2 aliphatic rings. The second kappa shape index (κ2) is 9.66. The second-order valence-corrected chi connectivity index (χ2v) is 11.0. The zero-order valence-corrected chi connectivity index (χ0v) is 22.1. The Kier molecular flexibility index (Phi) is 5.97. The van der Waals surface area contributed by atoms with Crippen LogP contribution in [0.25, 0.3) is 33.2 Å². The Balaban J connectivity index is 1.06. The number of aromatic nitrogens is 5. The number of aromatic amines is 2. The summed E-state index contributed by atoms with van der Waals surface area (Å²) >= 11 is 0. The molecule has 4 aromatic heterocycles. The average molecular weight is 524 g/mol. The van der Waals surface area contributed by atoms with E-state index in [0.29, 0.717) is 5.41 Å². The number of aliphatic hydroxyl groups excluding tert-OH is 1. The van der Waals surface area contributed by atoms with Crippen molar-refractivity contribution in [1.29, 1.82) is 0 Å². The van der Waals surface area contributed by atoms with E-state index in [1.54, 1.807) is 0 Å². The molecule has 39 heavy (non-hydrogen) atoms. The first-order chi connectivity index (χ1) is 19.1. The number of ether oxygens (including phenoxy) is 1. The van der Waals surface area contributed by atoms with Crippen molar-refractivity contribution >= 4 is 27.8 Å². The molecule has 0 saturated carbocycles. The van der Waals surface area contributed by atoms with Gasteiger partial charge in [0.1, 0.15) is 29.0 Å². The summed E-state index contributed by atoms with van der Waals surface area (Å²) in [5.41, 5.74) is 5.17. The number of pyridine rings is 2. The van der Waals surface area contributed by atoms with Gasteiger partial charge in [0.05, 0.1) is 12.1 Å². The molecule has 0 radical (unpaired) electrons. The summed E-state index contributed by atoms with van der Waals surface area (Å²) in [5, 5.41) is 19.0. The van der Waals surface area contributed by atoms with Crippen LogP contribution in [0.1, 0.15) is 31.4 Å². The van der Waals surface area contributed by atoms with Crippen molar-refractivity contribution in [3.63, 3.8) is 0 Å². The van der Waals surface area contributed by atoms with Gasteiger partial charge in [-0.05, 0) is 75.3 Å². The van der Waals surface area contributed by atoms with E-state index in [2.05, 4.69) is 55.1 Å². The first-order valence-electron chi connectivity index (χ1n) is 13.7. The van der Waals surface area contributed by atoms with Crippen LogP contribution in [0.15, 0.2) is 61.1 Å². The van der Waals surface area contributed by atoms with Crippen molar-refractivity contribution in [2.45, 2.75) is 25.9 Å². The van der Waals surface area contributed by atoms with Gasteiger partial charge in [0.15, 0.2) is 0 Å². The topological polar surface area (TPSA) is 106 Å². The van der Waals surface area contributed by atoms with E-state index in [-0.39, 0.29) is 12.7 Å². The zero-order valence-electron chi connectivity index (χ0n) is 22.1. The molecule has 1 atom stereocenters. The van der Waals surface area contributed by atoms with Crippen LogP contribution in [0.3, 0.4) is 0 Å². The van der Waals surface area contributed by atoms with Gasteiger partial charge in [-0.3, -0.25) is 5.10 Å². The molecule has 9 nitrogen and oxygen atoms in total. The summed E-state index contributed by atoms with van der Waals surface area (Å²) < 4.78 is 6.37. The Hall–Kier alpha value is -3.95. The van der Waals surface area contributed by atoms with E-state index in [1.807, 2.05) is 42.9 Å². The van der Waals surface area contributed by atoms with Crippen LogP contribution in [0.4, 0.5) is 5.82 Å². The number of nitrogens with zero attached hydrogens (tertiary/aromatic N) is 5. The van der Waals surface area contributed by atoms with Crippen LogP contribution in [-0.4, -0.2) is 74.5 Å². The number of fused-ring (bicyclic) bond motifs is 2. The maximum absolute atomic E-state index is 9.20. The van der Waals surface area contributed by atoms with Crippen LogP contribution in [0.2, 0.25) is 0 Å². The monoisotopic (exact) mass is 523 g/mol. The molecular formula is C30H33N7O2. The molecule has 3 N–H and O–H groups in total. The van der Waals surface area contributed by atoms with Gasteiger partial charge in [0.2, 0.25) is 0 Å². The quantitative estimate of drug-likeness (QED) is 0.288. The molecule has 1 aromatic carbocycles. The molecule has 1 spiro atoms. The van der Waals surface area contributed by atoms with Crippen LogP contribution < -0.4 is 9.64 Å². The fourth-order valence-corrected chi connectivity index (χ4v) is 6.24. The van der Waals surface area contributed by atoms with Crippen molar-refractivity contribution in [2.75, 3.05) is 44.2 Å². The Bertz CT molecular complexity index is 1590. The Labute approximate surface area is 226 Å². The van der Waals surface area contributed by atoms with E-state index >= 15 is 0 Å². The van der Waals surface area contributed by atoms with Crippen molar-refractivity contribution in [3.05, 3.63) is 66.6 Å². The van der Waals surface area contributed by atoms with Crippen molar-refractivity contribution in [3.8, 4) is 17.0 Å². The van der Waals surface area contributed by atoms with Crippen LogP contribution in [0.5, 0.6) is 5.75 Å². The summed E-state index contributed by atoms with van der Waals surface area (Å²) in [5.74, 6) is 1.81. The van der Waals surface area contributed by atoms with Gasteiger partial charge in [0, 0.05) is 65.5 Å². The number of piperidine rings is 1. The zero-order chi connectivity index (χ0) is 26.4. The van der Waals surface area contributed by atoms with E-state index in [0.717, 1.165) is 83.0 Å². The standard InChI is InChI=1S/C30H33N7O2/c1-20(23-6-10-31-29-24(23)7-11-32-29)39-22-3-4-26-25(16-22)28(35-34-26)21-2-5-27(33-17-21)37-18-30(19-37)8-12-36(13-9-30)14-15-38/h2-7,10-11,16-17,20,38H,8-9,12-15,18-19H2,1H3,(H,31,32)(H,34,35). The predicted molar refractivity (Wildman–Crippen MR) is 152 cm³/mol. The lowest BCUT2D eigenvalue weighted by molar-refractivity contribution is 0.0657. The normalized spacial score (nSPS) is 18.1. The van der Waals surface area contributed by atoms with E-state index in [4.69, 9.17) is 9.72 Å². The maximum atomic E-state index is 9.20. The summed E-state index contributed by atoms with van der Waals surface area (Å²) in [6, 6.07) is 14.3. The summed E-state index contributed by atoms with van der Waals surface area (Å²) in [6.07, 6.45) is 7.89. The SMILES string of the molecule is CC(Oc1ccc2[nH]nc(-c3ccc(N4CC5(CCN(CCO)CC5)C4)nc3)c2c1)c1ccnc2[nH]ccc12. The average Bonchev–Trinajstić information content (AvgIpc) is 3.60. The minimum Gasteiger partial charge on any atom is -0.486 e. The van der Waals surface area contributed by atoms with Gasteiger partial charge in [-0.1, -0.05) is 0 Å². The molecular weight excluding hydrogens is 490 g/mol. The summed E-state index contributed by atoms with van der Waals surface area (Å²) in [7, 11) is 0. The lowest BCUT2D eigenvalue weighted by atomic mass is 9.72. The van der Waals surface area contributed by atoms with Crippen molar-refractivity contribution < 1.29 is 9.84 Å². The van der Waals surface area contributed by atoms with Crippen LogP contribution in [0, 0.1) is 5.41 Å². The fourth-order valence-electron chi connectivity index (χ4n) is 6.24. The fraction of sp³-hybridized carbons (Fsp3) is 0.367. The lowest BCUT2D eigenvalue weighted by Gasteiger charge is -2.54. The molecule has 2 saturated heterocycles. The first-order valence-corrected chi connectivity index (χ1v) is 13.7. The van der Waals surface area contributed by atoms with Crippen molar-refractivity contribution in [2.24, 2.45) is 5.41 Å². The molecule has 6 heterocycles. The molecule has 7 rings (SSSR count). The molecule has 200 valence electrons. The predicted octanol–water partition coefficient (Wildman–Crippen LogP) is 4.54. The van der Waals surface area contributed by atoms with Gasteiger partial charge in [-0.15, -0.1) is 0 Å². The number of likely N-dealkylation sites (tertiary alicyclic amines) is 1. The number of benzene rings is 1. The lowest BCUT2D eigenvalue weighted by Crippen LogP contribution is -2.60. The smallest absolute Gasteiger partial charge is 0.137 e. The highest BCUT2D eigenvalue weighted by atomic mass is 16.5. The van der Waals surface area contributed by atoms with E-state index < -0.39 is 0 Å².